The van der Waals surface area contributed by atoms with E-state index in [1.165, 1.54) is 22.4 Å². The fourth-order valence-corrected chi connectivity index (χ4v) is 7.86. The fourth-order valence-electron chi connectivity index (χ4n) is 6.59. The Labute approximate surface area is 229 Å². The molecule has 3 aromatic heterocycles. The molecule has 5 nitrogen and oxygen atoms in total. The Kier molecular flexibility index (Phi) is 4.19. The molecule has 0 bridgehead atoms. The number of rotatable bonds is 1. The molecule has 190 valence electrons. The van der Waals surface area contributed by atoms with Gasteiger partial charge in [-0.15, -0.1) is 11.3 Å². The summed E-state index contributed by atoms with van der Waals surface area (Å²) >= 11 is 1.60. The first kappa shape index (κ1) is 22.7. The normalized spacial score (nSPS) is 18.8. The first-order chi connectivity index (χ1) is 18.7. The Morgan fingerprint density at radius 2 is 1.54 bits per heavy atom. The number of fused-ring (bicyclic) bond motifs is 6. The van der Waals surface area contributed by atoms with Gasteiger partial charge in [-0.25, -0.2) is 4.98 Å². The molecule has 0 atom stereocenters. The van der Waals surface area contributed by atoms with Crippen molar-refractivity contribution >= 4 is 56.5 Å². The molecule has 0 fully saturated rings. The van der Waals surface area contributed by atoms with Crippen molar-refractivity contribution in [1.29, 1.82) is 0 Å². The lowest BCUT2D eigenvalue weighted by Gasteiger charge is -2.47. The highest BCUT2D eigenvalue weighted by Crippen LogP contribution is 2.61. The highest BCUT2D eigenvalue weighted by molar-refractivity contribution is 7.17. The Morgan fingerprint density at radius 1 is 0.846 bits per heavy atom. The molecule has 0 spiro atoms. The van der Waals surface area contributed by atoms with E-state index in [2.05, 4.69) is 62.9 Å². The monoisotopic (exact) mass is 528 g/mol. The van der Waals surface area contributed by atoms with Crippen LogP contribution in [0.2, 0.25) is 0 Å². The number of para-hydroxylation sites is 1. The molecule has 0 amide bonds. The third-order valence-corrected chi connectivity index (χ3v) is 9.81. The van der Waals surface area contributed by atoms with E-state index in [1.807, 2.05) is 18.3 Å². The number of allylic oxidation sites excluding steroid dienone is 1. The van der Waals surface area contributed by atoms with Gasteiger partial charge in [-0.05, 0) is 53.1 Å². The van der Waals surface area contributed by atoms with E-state index in [0.29, 0.717) is 16.7 Å². The van der Waals surface area contributed by atoms with Gasteiger partial charge in [0.05, 0.1) is 17.5 Å². The van der Waals surface area contributed by atoms with Crippen LogP contribution in [0.25, 0.3) is 17.0 Å². The lowest BCUT2D eigenvalue weighted by molar-refractivity contribution is 0.0990. The summed E-state index contributed by atoms with van der Waals surface area (Å²) in [6, 6.07) is 18.1. The zero-order chi connectivity index (χ0) is 26.8. The van der Waals surface area contributed by atoms with Crippen LogP contribution in [0, 0.1) is 0 Å². The third-order valence-electron chi connectivity index (χ3n) is 8.74. The number of hydrogen-bond donors (Lipinski definition) is 0. The van der Waals surface area contributed by atoms with Crippen molar-refractivity contribution in [2.75, 3.05) is 4.90 Å². The molecule has 0 radical (unpaired) electrons. The zero-order valence-corrected chi connectivity index (χ0v) is 22.8. The molecule has 1 aliphatic carbocycles. The average Bonchev–Trinajstić information content (AvgIpc) is 3.62. The van der Waals surface area contributed by atoms with Crippen molar-refractivity contribution in [2.45, 2.75) is 38.5 Å². The number of furan rings is 1. The minimum Gasteiger partial charge on any atom is -0.464 e. The van der Waals surface area contributed by atoms with Gasteiger partial charge in [-0.2, -0.15) is 0 Å². The number of anilines is 3. The second-order valence-corrected chi connectivity index (χ2v) is 12.7. The number of ketones is 2. The van der Waals surface area contributed by atoms with E-state index in [9.17, 15) is 9.59 Å². The van der Waals surface area contributed by atoms with E-state index < -0.39 is 0 Å². The van der Waals surface area contributed by atoms with Gasteiger partial charge in [0, 0.05) is 44.0 Å². The topological polar surface area (TPSA) is 63.4 Å². The lowest BCUT2D eigenvalue weighted by atomic mass is 9.68. The summed E-state index contributed by atoms with van der Waals surface area (Å²) in [5, 5.41) is 1.90. The fraction of sp³-hybridized carbons (Fsp3) is 0.182. The number of Topliss-reactive ketones (excluding diaryl/α,β-unsaturated/α-hetero) is 2. The number of carbonyl (C=O) groups is 2. The van der Waals surface area contributed by atoms with Crippen LogP contribution >= 0.6 is 11.3 Å². The van der Waals surface area contributed by atoms with Crippen molar-refractivity contribution in [3.05, 3.63) is 111 Å². The standard InChI is InChI=1S/C33H24N2O3S/c1-32(2)22-7-5-8-23-27(22)35(30-24(32)9-6-11-34-30)31-25(33(23,3)4)15-18(39-31)14-21-28(36)19-13-17-10-12-38-26(17)16-20(19)29(21)37/h5-16H,1-4H3/b21-14-. The molecule has 0 N–H and O–H groups in total. The maximum Gasteiger partial charge on any atom is 0.197 e. The summed E-state index contributed by atoms with van der Waals surface area (Å²) in [4.78, 5) is 34.8. The smallest absolute Gasteiger partial charge is 0.197 e. The predicted molar refractivity (Wildman–Crippen MR) is 154 cm³/mol. The molecule has 2 aliphatic heterocycles. The molecular formula is C33H24N2O3S. The van der Waals surface area contributed by atoms with Crippen molar-refractivity contribution in [3.63, 3.8) is 0 Å². The van der Waals surface area contributed by atoms with Crippen LogP contribution in [-0.4, -0.2) is 16.6 Å². The molecule has 2 aromatic carbocycles. The summed E-state index contributed by atoms with van der Waals surface area (Å²) in [6.07, 6.45) is 5.19. The van der Waals surface area contributed by atoms with Crippen molar-refractivity contribution in [1.82, 2.24) is 4.98 Å². The van der Waals surface area contributed by atoms with Crippen molar-refractivity contribution < 1.29 is 14.0 Å². The summed E-state index contributed by atoms with van der Waals surface area (Å²) in [5.74, 6) is 0.445. The summed E-state index contributed by atoms with van der Waals surface area (Å²) in [5.41, 5.74) is 7.23. The highest BCUT2D eigenvalue weighted by atomic mass is 32.1. The van der Waals surface area contributed by atoms with Gasteiger partial charge in [0.25, 0.3) is 0 Å². The third kappa shape index (κ3) is 2.77. The van der Waals surface area contributed by atoms with Gasteiger partial charge in [0.1, 0.15) is 16.4 Å². The van der Waals surface area contributed by atoms with Crippen LogP contribution in [0.4, 0.5) is 16.5 Å². The van der Waals surface area contributed by atoms with Gasteiger partial charge in [0.2, 0.25) is 0 Å². The van der Waals surface area contributed by atoms with Crippen molar-refractivity contribution in [2.24, 2.45) is 0 Å². The molecule has 5 aromatic rings. The van der Waals surface area contributed by atoms with E-state index in [1.54, 1.807) is 35.8 Å². The van der Waals surface area contributed by atoms with Crippen LogP contribution in [-0.2, 0) is 10.8 Å². The number of carbonyl (C=O) groups excluding carboxylic acids is 2. The molecule has 6 heteroatoms. The SMILES string of the molecule is CC1(C)c2cccnc2N2c3sc(/C=C4/C(=O)c5cc6ccoc6cc5C4=O)cc3C(C)(C)c3cccc1c32. The van der Waals surface area contributed by atoms with Gasteiger partial charge in [-0.1, -0.05) is 52.0 Å². The molecule has 39 heavy (non-hydrogen) atoms. The van der Waals surface area contributed by atoms with Crippen LogP contribution in [0.5, 0.6) is 0 Å². The number of hydrogen-bond acceptors (Lipinski definition) is 6. The molecule has 0 saturated heterocycles. The van der Waals surface area contributed by atoms with Crippen LogP contribution in [0.1, 0.15) is 75.5 Å². The van der Waals surface area contributed by atoms with Crippen molar-refractivity contribution in [3.8, 4) is 0 Å². The maximum absolute atomic E-state index is 13.4. The largest absolute Gasteiger partial charge is 0.464 e. The number of benzene rings is 2. The summed E-state index contributed by atoms with van der Waals surface area (Å²) in [7, 11) is 0. The van der Waals surface area contributed by atoms with Crippen LogP contribution in [0.15, 0.2) is 77.0 Å². The van der Waals surface area contributed by atoms with E-state index in [-0.39, 0.29) is 28.0 Å². The first-order valence-electron chi connectivity index (χ1n) is 13.0. The van der Waals surface area contributed by atoms with Crippen LogP contribution < -0.4 is 4.90 Å². The Bertz CT molecular complexity index is 1920. The summed E-state index contributed by atoms with van der Waals surface area (Å²) < 4.78 is 5.48. The first-order valence-corrected chi connectivity index (χ1v) is 13.9. The minimum absolute atomic E-state index is 0.200. The van der Waals surface area contributed by atoms with Gasteiger partial charge in [0.15, 0.2) is 11.6 Å². The zero-order valence-electron chi connectivity index (χ0n) is 22.0. The van der Waals surface area contributed by atoms with E-state index >= 15 is 0 Å². The number of nitrogens with zero attached hydrogens (tertiary/aromatic N) is 2. The maximum atomic E-state index is 13.4. The molecule has 3 aliphatic rings. The molecular weight excluding hydrogens is 504 g/mol. The van der Waals surface area contributed by atoms with Crippen LogP contribution in [0.3, 0.4) is 0 Å². The number of thiophene rings is 1. The second-order valence-electron chi connectivity index (χ2n) is 11.6. The number of pyridine rings is 1. The quantitative estimate of drug-likeness (QED) is 0.162. The Balaban J connectivity index is 1.32. The molecule has 8 rings (SSSR count). The average molecular weight is 529 g/mol. The summed E-state index contributed by atoms with van der Waals surface area (Å²) in [6.45, 7) is 9.03. The molecule has 0 unspecified atom stereocenters. The van der Waals surface area contributed by atoms with Gasteiger partial charge < -0.3 is 4.42 Å². The van der Waals surface area contributed by atoms with Gasteiger partial charge >= 0.3 is 0 Å². The molecule has 0 saturated carbocycles. The predicted octanol–water partition coefficient (Wildman–Crippen LogP) is 8.10. The number of aromatic nitrogens is 1. The Hall–Kier alpha value is -4.29. The Morgan fingerprint density at radius 3 is 2.31 bits per heavy atom. The lowest BCUT2D eigenvalue weighted by Crippen LogP contribution is -2.37. The van der Waals surface area contributed by atoms with E-state index in [0.717, 1.165) is 26.6 Å². The minimum atomic E-state index is -0.274. The van der Waals surface area contributed by atoms with E-state index in [4.69, 9.17) is 9.40 Å². The molecule has 5 heterocycles. The second kappa shape index (κ2) is 7.21. The highest BCUT2D eigenvalue weighted by Gasteiger charge is 2.47. The van der Waals surface area contributed by atoms with Gasteiger partial charge in [-0.3, -0.25) is 14.5 Å².